The van der Waals surface area contributed by atoms with Crippen molar-refractivity contribution in [1.29, 1.82) is 0 Å². The molecule has 0 aromatic rings. The zero-order valence-corrected chi connectivity index (χ0v) is 11.6. The molecule has 19 heavy (non-hydrogen) atoms. The van der Waals surface area contributed by atoms with E-state index in [4.69, 9.17) is 5.11 Å². The molecule has 5 heteroatoms. The van der Waals surface area contributed by atoms with Gasteiger partial charge >= 0.3 is 12.0 Å². The Hall–Kier alpha value is -1.26. The van der Waals surface area contributed by atoms with Crippen LogP contribution in [0.3, 0.4) is 0 Å². The smallest absolute Gasteiger partial charge is 0.317 e. The third kappa shape index (κ3) is 3.61. The minimum atomic E-state index is -0.810. The Labute approximate surface area is 114 Å². The van der Waals surface area contributed by atoms with Crippen LogP contribution in [0.4, 0.5) is 4.79 Å². The number of nitrogens with zero attached hydrogens (tertiary/aromatic N) is 1. The fourth-order valence-corrected chi connectivity index (χ4v) is 3.39. The van der Waals surface area contributed by atoms with Crippen LogP contribution in [0, 0.1) is 11.8 Å². The molecule has 2 aliphatic rings. The number of urea groups is 1. The van der Waals surface area contributed by atoms with Gasteiger partial charge in [0.15, 0.2) is 0 Å². The molecule has 0 radical (unpaired) electrons. The fourth-order valence-electron chi connectivity index (χ4n) is 3.39. The topological polar surface area (TPSA) is 69.6 Å². The maximum absolute atomic E-state index is 12.2. The maximum atomic E-state index is 12.2. The van der Waals surface area contributed by atoms with E-state index in [1.54, 1.807) is 0 Å². The molecule has 1 saturated carbocycles. The van der Waals surface area contributed by atoms with Crippen molar-refractivity contribution in [1.82, 2.24) is 10.2 Å². The fraction of sp³-hybridized carbons (Fsp3) is 0.857. The third-order valence-corrected chi connectivity index (χ3v) is 4.40. The molecular weight excluding hydrogens is 244 g/mol. The van der Waals surface area contributed by atoms with Gasteiger partial charge in [-0.05, 0) is 31.1 Å². The molecule has 2 N–H and O–H groups in total. The van der Waals surface area contributed by atoms with Gasteiger partial charge in [0.05, 0.1) is 0 Å². The summed E-state index contributed by atoms with van der Waals surface area (Å²) in [5.74, 6) is -0.141. The first-order valence-corrected chi connectivity index (χ1v) is 7.34. The molecule has 108 valence electrons. The second-order valence-electron chi connectivity index (χ2n) is 5.98. The lowest BCUT2D eigenvalue weighted by atomic mass is 9.85. The van der Waals surface area contributed by atoms with Gasteiger partial charge in [0.2, 0.25) is 0 Å². The first kappa shape index (κ1) is 14.2. The lowest BCUT2D eigenvalue weighted by Gasteiger charge is -2.31. The zero-order valence-electron chi connectivity index (χ0n) is 11.6. The van der Waals surface area contributed by atoms with Crippen LogP contribution in [0.15, 0.2) is 0 Å². The van der Waals surface area contributed by atoms with Crippen LogP contribution in [0.1, 0.15) is 45.4 Å². The highest BCUT2D eigenvalue weighted by molar-refractivity contribution is 5.75. The standard InChI is InChI=1S/C14H24N2O3/c1-10(8-13(17)18)9-15-14(19)16-7-6-11-4-2-3-5-12(11)16/h10-12H,2-9H2,1H3,(H,15,19)(H,17,18). The van der Waals surface area contributed by atoms with Crippen LogP contribution in [-0.4, -0.2) is 41.1 Å². The quantitative estimate of drug-likeness (QED) is 0.820. The van der Waals surface area contributed by atoms with E-state index < -0.39 is 5.97 Å². The van der Waals surface area contributed by atoms with Gasteiger partial charge in [-0.1, -0.05) is 19.8 Å². The van der Waals surface area contributed by atoms with Gasteiger partial charge in [0, 0.05) is 25.6 Å². The Kier molecular flexibility index (Phi) is 4.66. The van der Waals surface area contributed by atoms with Crippen molar-refractivity contribution in [2.45, 2.75) is 51.5 Å². The average molecular weight is 268 g/mol. The van der Waals surface area contributed by atoms with Crippen molar-refractivity contribution in [3.63, 3.8) is 0 Å². The molecule has 3 atom stereocenters. The molecule has 0 aromatic carbocycles. The summed E-state index contributed by atoms with van der Waals surface area (Å²) in [7, 11) is 0. The van der Waals surface area contributed by atoms with E-state index in [0.717, 1.165) is 19.4 Å². The Balaban J connectivity index is 1.78. The van der Waals surface area contributed by atoms with Crippen molar-refractivity contribution in [3.8, 4) is 0 Å². The number of fused-ring (bicyclic) bond motifs is 1. The predicted octanol–water partition coefficient (Wildman–Crippen LogP) is 2.07. The van der Waals surface area contributed by atoms with E-state index in [1.807, 2.05) is 11.8 Å². The van der Waals surface area contributed by atoms with Crippen molar-refractivity contribution in [2.75, 3.05) is 13.1 Å². The van der Waals surface area contributed by atoms with E-state index in [2.05, 4.69) is 5.32 Å². The molecule has 1 aliphatic heterocycles. The number of carboxylic acid groups (broad SMARTS) is 1. The van der Waals surface area contributed by atoms with Crippen LogP contribution < -0.4 is 5.32 Å². The number of hydrogen-bond donors (Lipinski definition) is 2. The van der Waals surface area contributed by atoms with Gasteiger partial charge in [-0.2, -0.15) is 0 Å². The molecule has 1 saturated heterocycles. The molecule has 2 rings (SSSR count). The second kappa shape index (κ2) is 6.26. The lowest BCUT2D eigenvalue weighted by molar-refractivity contribution is -0.137. The highest BCUT2D eigenvalue weighted by Crippen LogP contribution is 2.35. The Morgan fingerprint density at radius 2 is 2.05 bits per heavy atom. The van der Waals surface area contributed by atoms with Crippen LogP contribution >= 0.6 is 0 Å². The van der Waals surface area contributed by atoms with Gasteiger partial charge in [-0.25, -0.2) is 4.79 Å². The van der Waals surface area contributed by atoms with Gasteiger partial charge < -0.3 is 15.3 Å². The summed E-state index contributed by atoms with van der Waals surface area (Å²) < 4.78 is 0. The highest BCUT2D eigenvalue weighted by atomic mass is 16.4. The molecule has 2 fully saturated rings. The summed E-state index contributed by atoms with van der Waals surface area (Å²) in [5.41, 5.74) is 0. The van der Waals surface area contributed by atoms with Gasteiger partial charge in [-0.15, -0.1) is 0 Å². The van der Waals surface area contributed by atoms with Crippen molar-refractivity contribution in [2.24, 2.45) is 11.8 Å². The highest BCUT2D eigenvalue weighted by Gasteiger charge is 2.38. The molecule has 0 spiro atoms. The minimum absolute atomic E-state index is 0.00774. The maximum Gasteiger partial charge on any atom is 0.317 e. The number of carboxylic acids is 1. The Morgan fingerprint density at radius 1 is 1.32 bits per heavy atom. The largest absolute Gasteiger partial charge is 0.481 e. The van der Waals surface area contributed by atoms with E-state index >= 15 is 0 Å². The Bertz CT molecular complexity index is 346. The first-order chi connectivity index (χ1) is 9.08. The van der Waals surface area contributed by atoms with Crippen molar-refractivity contribution in [3.05, 3.63) is 0 Å². The molecule has 5 nitrogen and oxygen atoms in total. The molecule has 1 aliphatic carbocycles. The second-order valence-corrected chi connectivity index (χ2v) is 5.98. The number of carbonyl (C=O) groups is 2. The number of rotatable bonds is 4. The third-order valence-electron chi connectivity index (χ3n) is 4.40. The van der Waals surface area contributed by atoms with E-state index in [-0.39, 0.29) is 18.4 Å². The zero-order chi connectivity index (χ0) is 13.8. The summed E-state index contributed by atoms with van der Waals surface area (Å²) >= 11 is 0. The Morgan fingerprint density at radius 3 is 2.79 bits per heavy atom. The number of carbonyl (C=O) groups excluding carboxylic acids is 1. The lowest BCUT2D eigenvalue weighted by Crippen LogP contribution is -2.46. The van der Waals surface area contributed by atoms with Crippen LogP contribution in [0.25, 0.3) is 0 Å². The van der Waals surface area contributed by atoms with Gasteiger partial charge in [-0.3, -0.25) is 4.79 Å². The van der Waals surface area contributed by atoms with Crippen molar-refractivity contribution < 1.29 is 14.7 Å². The van der Waals surface area contributed by atoms with Crippen LogP contribution in [0.5, 0.6) is 0 Å². The monoisotopic (exact) mass is 268 g/mol. The van der Waals surface area contributed by atoms with Gasteiger partial charge in [0.1, 0.15) is 0 Å². The molecular formula is C14H24N2O3. The van der Waals surface area contributed by atoms with Crippen LogP contribution in [-0.2, 0) is 4.79 Å². The molecule has 0 aromatic heterocycles. The molecule has 2 amide bonds. The van der Waals surface area contributed by atoms with Crippen LogP contribution in [0.2, 0.25) is 0 Å². The average Bonchev–Trinajstić information content (AvgIpc) is 2.79. The molecule has 1 heterocycles. The molecule has 3 unspecified atom stereocenters. The van der Waals surface area contributed by atoms with E-state index in [0.29, 0.717) is 18.5 Å². The summed E-state index contributed by atoms with van der Waals surface area (Å²) in [6.45, 7) is 3.15. The summed E-state index contributed by atoms with van der Waals surface area (Å²) in [6, 6.07) is 0.412. The molecule has 0 bridgehead atoms. The van der Waals surface area contributed by atoms with Gasteiger partial charge in [0.25, 0.3) is 0 Å². The number of hydrogen-bond acceptors (Lipinski definition) is 2. The van der Waals surface area contributed by atoms with Crippen molar-refractivity contribution >= 4 is 12.0 Å². The first-order valence-electron chi connectivity index (χ1n) is 7.34. The number of likely N-dealkylation sites (tertiary alicyclic amines) is 1. The number of amides is 2. The SMILES string of the molecule is CC(CNC(=O)N1CCC2CCCCC21)CC(=O)O. The number of nitrogens with one attached hydrogen (secondary N) is 1. The van der Waals surface area contributed by atoms with E-state index in [1.165, 1.54) is 19.3 Å². The minimum Gasteiger partial charge on any atom is -0.481 e. The summed E-state index contributed by atoms with van der Waals surface area (Å²) in [5, 5.41) is 11.6. The normalized spacial score (nSPS) is 27.7. The summed E-state index contributed by atoms with van der Waals surface area (Å²) in [4.78, 5) is 24.7. The number of aliphatic carboxylic acids is 1. The summed E-state index contributed by atoms with van der Waals surface area (Å²) in [6.07, 6.45) is 6.13. The van der Waals surface area contributed by atoms with E-state index in [9.17, 15) is 9.59 Å². The predicted molar refractivity (Wildman–Crippen MR) is 71.9 cm³/mol.